The highest BCUT2D eigenvalue weighted by Gasteiger charge is 2.38. The number of hydrogen-bond donors (Lipinski definition) is 1. The van der Waals surface area contributed by atoms with Crippen LogP contribution in [-0.2, 0) is 9.53 Å². The van der Waals surface area contributed by atoms with Crippen LogP contribution < -0.4 is 4.90 Å². The van der Waals surface area contributed by atoms with Gasteiger partial charge in [0.1, 0.15) is 17.5 Å². The van der Waals surface area contributed by atoms with Gasteiger partial charge in [0.15, 0.2) is 0 Å². The predicted molar refractivity (Wildman–Crippen MR) is 80.8 cm³/mol. The number of carbonyl (C=O) groups is 2. The molecule has 8 heteroatoms. The minimum Gasteiger partial charge on any atom is -0.480 e. The lowest BCUT2D eigenvalue weighted by atomic mass is 10.1. The molecule has 1 aromatic rings. The molecule has 2 heterocycles. The molecule has 1 fully saturated rings. The standard InChI is InChI=1S/C15H20FN3O4/c1-15(2,3)23-14(22)19-8-7-18(9-10(19)13(20)21)12-6-4-5-11(16)17-12/h4-6,10H,7-9H2,1-3H3,(H,20,21). The third-order valence-electron chi connectivity index (χ3n) is 3.32. The Labute approximate surface area is 133 Å². The Bertz CT molecular complexity index is 603. The van der Waals surface area contributed by atoms with Crippen molar-refractivity contribution in [2.75, 3.05) is 24.5 Å². The molecule has 1 atom stereocenters. The number of anilines is 1. The summed E-state index contributed by atoms with van der Waals surface area (Å²) in [4.78, 5) is 30.3. The monoisotopic (exact) mass is 325 g/mol. The summed E-state index contributed by atoms with van der Waals surface area (Å²) in [5.41, 5.74) is -0.707. The van der Waals surface area contributed by atoms with Crippen molar-refractivity contribution in [3.8, 4) is 0 Å². The average Bonchev–Trinajstić information content (AvgIpc) is 2.44. The molecule has 1 saturated heterocycles. The van der Waals surface area contributed by atoms with Gasteiger partial charge in [-0.15, -0.1) is 0 Å². The van der Waals surface area contributed by atoms with Gasteiger partial charge < -0.3 is 14.7 Å². The van der Waals surface area contributed by atoms with Gasteiger partial charge in [0.2, 0.25) is 5.95 Å². The second kappa shape index (κ2) is 6.39. The number of carbonyl (C=O) groups excluding carboxylic acids is 1. The molecule has 1 aliphatic heterocycles. The van der Waals surface area contributed by atoms with Crippen molar-refractivity contribution in [1.29, 1.82) is 0 Å². The van der Waals surface area contributed by atoms with Gasteiger partial charge in [0, 0.05) is 13.1 Å². The van der Waals surface area contributed by atoms with Crippen LogP contribution >= 0.6 is 0 Å². The minimum absolute atomic E-state index is 0.0189. The first kappa shape index (κ1) is 17.0. The third kappa shape index (κ3) is 4.30. The number of nitrogens with zero attached hydrogens (tertiary/aromatic N) is 3. The van der Waals surface area contributed by atoms with E-state index in [0.717, 1.165) is 0 Å². The topological polar surface area (TPSA) is 83.0 Å². The molecule has 0 spiro atoms. The minimum atomic E-state index is -1.14. The first-order valence-corrected chi connectivity index (χ1v) is 7.27. The molecule has 7 nitrogen and oxygen atoms in total. The molecule has 0 bridgehead atoms. The fraction of sp³-hybridized carbons (Fsp3) is 0.533. The number of halogens is 1. The van der Waals surface area contributed by atoms with Crippen LogP contribution in [0.15, 0.2) is 18.2 Å². The van der Waals surface area contributed by atoms with E-state index in [0.29, 0.717) is 12.4 Å². The van der Waals surface area contributed by atoms with E-state index >= 15 is 0 Å². The zero-order chi connectivity index (χ0) is 17.2. The van der Waals surface area contributed by atoms with Crippen molar-refractivity contribution < 1.29 is 23.8 Å². The molecule has 0 aliphatic carbocycles. The normalized spacial score (nSPS) is 18.7. The van der Waals surface area contributed by atoms with Crippen LogP contribution in [0.4, 0.5) is 15.0 Å². The Morgan fingerprint density at radius 1 is 1.35 bits per heavy atom. The first-order chi connectivity index (χ1) is 10.7. The zero-order valence-electron chi connectivity index (χ0n) is 13.3. The maximum absolute atomic E-state index is 13.2. The zero-order valence-corrected chi connectivity index (χ0v) is 13.3. The fourth-order valence-corrected chi connectivity index (χ4v) is 2.32. The van der Waals surface area contributed by atoms with Crippen molar-refractivity contribution >= 4 is 17.9 Å². The van der Waals surface area contributed by atoms with Crippen LogP contribution in [0.1, 0.15) is 20.8 Å². The van der Waals surface area contributed by atoms with Crippen LogP contribution in [0.2, 0.25) is 0 Å². The van der Waals surface area contributed by atoms with Crippen molar-refractivity contribution in [1.82, 2.24) is 9.88 Å². The summed E-state index contributed by atoms with van der Waals surface area (Å²) < 4.78 is 18.5. The van der Waals surface area contributed by atoms with Crippen LogP contribution in [0, 0.1) is 5.95 Å². The Morgan fingerprint density at radius 3 is 2.61 bits per heavy atom. The van der Waals surface area contributed by atoms with Gasteiger partial charge in [0.05, 0.1) is 6.54 Å². The molecule has 1 amide bonds. The molecule has 0 aromatic carbocycles. The maximum Gasteiger partial charge on any atom is 0.411 e. The highest BCUT2D eigenvalue weighted by molar-refractivity contribution is 5.81. The number of ether oxygens (including phenoxy) is 1. The molecule has 126 valence electrons. The van der Waals surface area contributed by atoms with Crippen molar-refractivity contribution in [2.24, 2.45) is 0 Å². The third-order valence-corrected chi connectivity index (χ3v) is 3.32. The van der Waals surface area contributed by atoms with Gasteiger partial charge in [-0.25, -0.2) is 14.6 Å². The van der Waals surface area contributed by atoms with Crippen LogP contribution in [0.5, 0.6) is 0 Å². The summed E-state index contributed by atoms with van der Waals surface area (Å²) in [6.07, 6.45) is -0.670. The highest BCUT2D eigenvalue weighted by atomic mass is 19.1. The van der Waals surface area contributed by atoms with E-state index in [9.17, 15) is 19.1 Å². The Hall–Kier alpha value is -2.38. The first-order valence-electron chi connectivity index (χ1n) is 7.27. The van der Waals surface area contributed by atoms with Gasteiger partial charge in [-0.05, 0) is 32.9 Å². The summed E-state index contributed by atoms with van der Waals surface area (Å²) in [5.74, 6) is -1.43. The van der Waals surface area contributed by atoms with E-state index in [1.165, 1.54) is 17.0 Å². The van der Waals surface area contributed by atoms with Crippen molar-refractivity contribution in [3.05, 3.63) is 24.1 Å². The lowest BCUT2D eigenvalue weighted by Crippen LogP contribution is -2.59. The molecule has 1 aromatic heterocycles. The Kier molecular flexibility index (Phi) is 4.72. The lowest BCUT2D eigenvalue weighted by Gasteiger charge is -2.40. The highest BCUT2D eigenvalue weighted by Crippen LogP contribution is 2.20. The number of pyridine rings is 1. The second-order valence-corrected chi connectivity index (χ2v) is 6.29. The number of piperazine rings is 1. The molecular formula is C15H20FN3O4. The molecular weight excluding hydrogens is 305 g/mol. The number of hydrogen-bond acceptors (Lipinski definition) is 5. The fourth-order valence-electron chi connectivity index (χ4n) is 2.32. The van der Waals surface area contributed by atoms with Crippen LogP contribution in [-0.4, -0.2) is 58.3 Å². The predicted octanol–water partition coefficient (Wildman–Crippen LogP) is 1.73. The molecule has 0 radical (unpaired) electrons. The van der Waals surface area contributed by atoms with Crippen molar-refractivity contribution in [3.63, 3.8) is 0 Å². The Morgan fingerprint density at radius 2 is 2.04 bits per heavy atom. The number of carboxylic acid groups (broad SMARTS) is 1. The maximum atomic E-state index is 13.2. The van der Waals surface area contributed by atoms with E-state index in [1.807, 2.05) is 0 Å². The number of aliphatic carboxylic acids is 1. The number of aromatic nitrogens is 1. The quantitative estimate of drug-likeness (QED) is 0.834. The van der Waals surface area contributed by atoms with Crippen molar-refractivity contribution in [2.45, 2.75) is 32.4 Å². The number of amides is 1. The molecule has 1 N–H and O–H groups in total. The van der Waals surface area contributed by atoms with Crippen LogP contribution in [0.3, 0.4) is 0 Å². The Balaban J connectivity index is 2.15. The van der Waals surface area contributed by atoms with E-state index in [4.69, 9.17) is 4.74 Å². The smallest absolute Gasteiger partial charge is 0.411 e. The molecule has 23 heavy (non-hydrogen) atoms. The number of rotatable bonds is 2. The van der Waals surface area contributed by atoms with E-state index in [2.05, 4.69) is 4.98 Å². The summed E-state index contributed by atoms with van der Waals surface area (Å²) in [7, 11) is 0. The lowest BCUT2D eigenvalue weighted by molar-refractivity contribution is -0.143. The van der Waals surface area contributed by atoms with Gasteiger partial charge in [0.25, 0.3) is 0 Å². The summed E-state index contributed by atoms with van der Waals surface area (Å²) in [6, 6.07) is 3.25. The van der Waals surface area contributed by atoms with Gasteiger partial charge >= 0.3 is 12.1 Å². The van der Waals surface area contributed by atoms with E-state index in [1.54, 1.807) is 31.7 Å². The van der Waals surface area contributed by atoms with Gasteiger partial charge in [-0.2, -0.15) is 4.39 Å². The van der Waals surface area contributed by atoms with Crippen LogP contribution in [0.25, 0.3) is 0 Å². The van der Waals surface area contributed by atoms with Gasteiger partial charge in [-0.1, -0.05) is 6.07 Å². The molecule has 2 rings (SSSR count). The SMILES string of the molecule is CC(C)(C)OC(=O)N1CCN(c2cccc(F)n2)CC1C(=O)O. The number of carboxylic acids is 1. The second-order valence-electron chi connectivity index (χ2n) is 6.29. The summed E-state index contributed by atoms with van der Waals surface area (Å²) in [6.45, 7) is 5.67. The van der Waals surface area contributed by atoms with Gasteiger partial charge in [-0.3, -0.25) is 4.90 Å². The molecule has 0 saturated carbocycles. The average molecular weight is 325 g/mol. The van der Waals surface area contributed by atoms with E-state index < -0.39 is 29.7 Å². The molecule has 1 unspecified atom stereocenters. The summed E-state index contributed by atoms with van der Waals surface area (Å²) in [5, 5.41) is 9.40. The van der Waals surface area contributed by atoms with E-state index in [-0.39, 0.29) is 13.1 Å². The summed E-state index contributed by atoms with van der Waals surface area (Å²) >= 11 is 0. The largest absolute Gasteiger partial charge is 0.480 e. The molecule has 1 aliphatic rings.